The van der Waals surface area contributed by atoms with Crippen LogP contribution in [0.15, 0.2) is 47.3 Å². The molecule has 0 fully saturated rings. The van der Waals surface area contributed by atoms with E-state index < -0.39 is 0 Å². The number of fused-ring (bicyclic) bond motifs is 1. The molecule has 0 unspecified atom stereocenters. The lowest BCUT2D eigenvalue weighted by molar-refractivity contribution is -0.116. The van der Waals surface area contributed by atoms with E-state index in [4.69, 9.17) is 14.6 Å². The highest BCUT2D eigenvalue weighted by molar-refractivity contribution is 5.91. The minimum Gasteiger partial charge on any atom is -0.493 e. The number of aromatic nitrogens is 3. The average molecular weight is 489 g/mol. The molecule has 0 aliphatic heterocycles. The van der Waals surface area contributed by atoms with E-state index in [1.165, 1.54) is 0 Å². The lowest BCUT2D eigenvalue weighted by Crippen LogP contribution is -2.27. The van der Waals surface area contributed by atoms with Crippen molar-refractivity contribution in [1.29, 1.82) is 0 Å². The third-order valence-corrected chi connectivity index (χ3v) is 6.45. The van der Waals surface area contributed by atoms with Gasteiger partial charge in [0, 0.05) is 35.7 Å². The van der Waals surface area contributed by atoms with Gasteiger partial charge in [0.1, 0.15) is 5.65 Å². The largest absolute Gasteiger partial charge is 0.493 e. The molecule has 0 spiro atoms. The number of amides is 1. The minimum atomic E-state index is -0.184. The van der Waals surface area contributed by atoms with E-state index in [2.05, 4.69) is 11.4 Å². The van der Waals surface area contributed by atoms with Crippen molar-refractivity contribution >= 4 is 22.6 Å². The zero-order chi connectivity index (χ0) is 26.0. The van der Waals surface area contributed by atoms with Crippen LogP contribution in [0.25, 0.3) is 16.7 Å². The maximum Gasteiger partial charge on any atom is 0.255 e. The predicted molar refractivity (Wildman–Crippen MR) is 142 cm³/mol. The number of carbonyl (C=O) groups excluding carboxylic acids is 1. The standard InChI is InChI=1S/C28H32N4O4/c1-7-31-27-26(19(4)30-32(27)21-10-8-9-17(2)15-21)18(3)22(28(31)34)12-14-25(33)29-20-11-13-23(35-5)24(16-20)36-6/h8-11,13,15-16H,7,12,14H2,1-6H3,(H,29,33). The molecule has 2 aromatic carbocycles. The molecule has 8 heteroatoms. The zero-order valence-electron chi connectivity index (χ0n) is 21.6. The molecule has 0 aliphatic carbocycles. The zero-order valence-corrected chi connectivity index (χ0v) is 21.6. The highest BCUT2D eigenvalue weighted by Crippen LogP contribution is 2.30. The van der Waals surface area contributed by atoms with Crippen molar-refractivity contribution in [2.24, 2.45) is 0 Å². The number of nitrogens with zero attached hydrogens (tertiary/aromatic N) is 3. The average Bonchev–Trinajstić information content (AvgIpc) is 3.21. The molecule has 8 nitrogen and oxygen atoms in total. The van der Waals surface area contributed by atoms with Gasteiger partial charge in [0.25, 0.3) is 5.56 Å². The van der Waals surface area contributed by atoms with Gasteiger partial charge in [-0.15, -0.1) is 0 Å². The summed E-state index contributed by atoms with van der Waals surface area (Å²) in [4.78, 5) is 26.3. The number of benzene rings is 2. The fourth-order valence-corrected chi connectivity index (χ4v) is 4.68. The normalized spacial score (nSPS) is 11.1. The van der Waals surface area contributed by atoms with Gasteiger partial charge >= 0.3 is 0 Å². The van der Waals surface area contributed by atoms with Crippen LogP contribution < -0.4 is 20.3 Å². The maximum atomic E-state index is 13.6. The monoisotopic (exact) mass is 488 g/mol. The number of hydrogen-bond donors (Lipinski definition) is 1. The Balaban J connectivity index is 1.66. The molecule has 0 radical (unpaired) electrons. The number of rotatable bonds is 8. The first-order valence-corrected chi connectivity index (χ1v) is 12.0. The maximum absolute atomic E-state index is 13.6. The number of aryl methyl sites for hydroxylation is 4. The minimum absolute atomic E-state index is 0.0878. The van der Waals surface area contributed by atoms with Crippen LogP contribution in [0, 0.1) is 20.8 Å². The van der Waals surface area contributed by atoms with Gasteiger partial charge in [-0.25, -0.2) is 4.68 Å². The fourth-order valence-electron chi connectivity index (χ4n) is 4.68. The van der Waals surface area contributed by atoms with E-state index in [1.54, 1.807) is 37.0 Å². The van der Waals surface area contributed by atoms with E-state index in [1.807, 2.05) is 50.6 Å². The molecule has 188 valence electrons. The fraction of sp³-hybridized carbons (Fsp3) is 0.321. The molecule has 0 saturated carbocycles. The molecule has 0 aliphatic rings. The Labute approximate surface area is 210 Å². The Morgan fingerprint density at radius 2 is 1.78 bits per heavy atom. The van der Waals surface area contributed by atoms with Crippen LogP contribution in [-0.4, -0.2) is 34.5 Å². The first-order chi connectivity index (χ1) is 17.3. The summed E-state index contributed by atoms with van der Waals surface area (Å²) in [6.45, 7) is 8.38. The molecule has 2 aromatic heterocycles. The van der Waals surface area contributed by atoms with Crippen molar-refractivity contribution in [2.75, 3.05) is 19.5 Å². The molecule has 36 heavy (non-hydrogen) atoms. The van der Waals surface area contributed by atoms with E-state index in [0.29, 0.717) is 35.7 Å². The molecule has 0 saturated heterocycles. The van der Waals surface area contributed by atoms with Crippen LogP contribution in [0.2, 0.25) is 0 Å². The number of methoxy groups -OCH3 is 2. The van der Waals surface area contributed by atoms with Crippen molar-refractivity contribution in [3.05, 3.63) is 75.2 Å². The molecule has 0 bridgehead atoms. The van der Waals surface area contributed by atoms with Crippen LogP contribution in [0.1, 0.15) is 35.7 Å². The van der Waals surface area contributed by atoms with Gasteiger partial charge in [-0.2, -0.15) is 5.10 Å². The summed E-state index contributed by atoms with van der Waals surface area (Å²) >= 11 is 0. The highest BCUT2D eigenvalue weighted by atomic mass is 16.5. The third-order valence-electron chi connectivity index (χ3n) is 6.45. The summed E-state index contributed by atoms with van der Waals surface area (Å²) in [5.74, 6) is 0.931. The second kappa shape index (κ2) is 10.3. The molecule has 4 rings (SSSR count). The molecular weight excluding hydrogens is 456 g/mol. The number of nitrogens with one attached hydrogen (secondary N) is 1. The van der Waals surface area contributed by atoms with Gasteiger partial charge in [0.15, 0.2) is 11.5 Å². The third kappa shape index (κ3) is 4.58. The molecule has 1 N–H and O–H groups in total. The number of ether oxygens (including phenoxy) is 2. The molecule has 1 amide bonds. The predicted octanol–water partition coefficient (Wildman–Crippen LogP) is 4.72. The topological polar surface area (TPSA) is 87.4 Å². The highest BCUT2D eigenvalue weighted by Gasteiger charge is 2.21. The SMILES string of the molecule is CCn1c(=O)c(CCC(=O)Nc2ccc(OC)c(OC)c2)c(C)c2c(C)nn(-c3cccc(C)c3)c21. The van der Waals surface area contributed by atoms with E-state index >= 15 is 0 Å². The van der Waals surface area contributed by atoms with Gasteiger partial charge < -0.3 is 14.8 Å². The Hall–Kier alpha value is -4.07. The lowest BCUT2D eigenvalue weighted by atomic mass is 10.0. The smallest absolute Gasteiger partial charge is 0.255 e. The number of hydrogen-bond acceptors (Lipinski definition) is 5. The summed E-state index contributed by atoms with van der Waals surface area (Å²) in [6.07, 6.45) is 0.500. The number of anilines is 1. The Bertz CT molecular complexity index is 1500. The molecule has 0 atom stereocenters. The Morgan fingerprint density at radius 1 is 1.03 bits per heavy atom. The van der Waals surface area contributed by atoms with Gasteiger partial charge in [0.05, 0.1) is 25.6 Å². The first kappa shape index (κ1) is 25.0. The van der Waals surface area contributed by atoms with Crippen LogP contribution in [0.3, 0.4) is 0 Å². The van der Waals surface area contributed by atoms with Crippen molar-refractivity contribution in [3.63, 3.8) is 0 Å². The van der Waals surface area contributed by atoms with Crippen molar-refractivity contribution in [3.8, 4) is 17.2 Å². The van der Waals surface area contributed by atoms with Gasteiger partial charge in [-0.1, -0.05) is 12.1 Å². The van der Waals surface area contributed by atoms with E-state index in [-0.39, 0.29) is 17.9 Å². The van der Waals surface area contributed by atoms with Crippen LogP contribution in [0.5, 0.6) is 11.5 Å². The van der Waals surface area contributed by atoms with Crippen molar-refractivity contribution < 1.29 is 14.3 Å². The molecule has 2 heterocycles. The van der Waals surface area contributed by atoms with Crippen LogP contribution in [0.4, 0.5) is 5.69 Å². The summed E-state index contributed by atoms with van der Waals surface area (Å²) in [5.41, 5.74) is 5.68. The second-order valence-corrected chi connectivity index (χ2v) is 8.81. The molecular formula is C28H32N4O4. The first-order valence-electron chi connectivity index (χ1n) is 12.0. The second-order valence-electron chi connectivity index (χ2n) is 8.81. The lowest BCUT2D eigenvalue weighted by Gasteiger charge is -2.15. The quantitative estimate of drug-likeness (QED) is 0.388. The molecule has 4 aromatic rings. The van der Waals surface area contributed by atoms with Gasteiger partial charge in [-0.05, 0) is 69.5 Å². The van der Waals surface area contributed by atoms with Crippen LogP contribution >= 0.6 is 0 Å². The van der Waals surface area contributed by atoms with Gasteiger partial charge in [-0.3, -0.25) is 14.2 Å². The summed E-state index contributed by atoms with van der Waals surface area (Å²) in [6, 6.07) is 13.3. The Morgan fingerprint density at radius 3 is 2.44 bits per heavy atom. The summed E-state index contributed by atoms with van der Waals surface area (Å²) in [7, 11) is 3.11. The summed E-state index contributed by atoms with van der Waals surface area (Å²) in [5, 5.41) is 8.63. The van der Waals surface area contributed by atoms with E-state index in [0.717, 1.165) is 33.5 Å². The van der Waals surface area contributed by atoms with Crippen molar-refractivity contribution in [2.45, 2.75) is 47.1 Å². The van der Waals surface area contributed by atoms with Crippen LogP contribution in [-0.2, 0) is 17.8 Å². The summed E-state index contributed by atoms with van der Waals surface area (Å²) < 4.78 is 14.2. The van der Waals surface area contributed by atoms with E-state index in [9.17, 15) is 9.59 Å². The number of pyridine rings is 1. The Kier molecular flexibility index (Phi) is 7.15. The van der Waals surface area contributed by atoms with Crippen molar-refractivity contribution in [1.82, 2.24) is 14.3 Å². The van der Waals surface area contributed by atoms with Gasteiger partial charge in [0.2, 0.25) is 5.91 Å². The number of carbonyl (C=O) groups is 1.